The van der Waals surface area contributed by atoms with Gasteiger partial charge in [0, 0.05) is 6.54 Å². The van der Waals surface area contributed by atoms with Gasteiger partial charge in [0.2, 0.25) is 0 Å². The number of unbranched alkanes of at least 4 members (excludes halogenated alkanes) is 1. The van der Waals surface area contributed by atoms with E-state index in [4.69, 9.17) is 10.8 Å². The topological polar surface area (TPSA) is 78.6 Å². The van der Waals surface area contributed by atoms with Gasteiger partial charge in [0.15, 0.2) is 0 Å². The quantitative estimate of drug-likeness (QED) is 0.606. The molecule has 0 bridgehead atoms. The zero-order valence-electron chi connectivity index (χ0n) is 12.5. The number of nitrogens with one attached hydrogen (secondary N) is 1. The van der Waals surface area contributed by atoms with Crippen LogP contribution in [-0.2, 0) is 4.79 Å². The molecule has 114 valence electrons. The van der Waals surface area contributed by atoms with Gasteiger partial charge in [-0.2, -0.15) is 0 Å². The predicted molar refractivity (Wildman–Crippen MR) is 79.3 cm³/mol. The molecule has 5 nitrogen and oxygen atoms in total. The highest BCUT2D eigenvalue weighted by Gasteiger charge is 2.24. The molecule has 0 aromatic carbocycles. The SMILES string of the molecule is CCNCC.NCCCCN1CCCC(C(=O)O)C1. The number of nitrogens with two attached hydrogens (primary N) is 1. The Hall–Kier alpha value is -0.650. The number of nitrogens with zero attached hydrogens (tertiary/aromatic N) is 1. The van der Waals surface area contributed by atoms with E-state index in [1.165, 1.54) is 0 Å². The maximum Gasteiger partial charge on any atom is 0.307 e. The number of carbonyl (C=O) groups is 1. The lowest BCUT2D eigenvalue weighted by Crippen LogP contribution is -2.39. The standard InChI is InChI=1S/C10H20N2O2.C4H11N/c11-5-1-2-6-12-7-3-4-9(8-12)10(13)14;1-3-5-4-2/h9H,1-8,11H2,(H,13,14);5H,3-4H2,1-2H3. The molecule has 0 amide bonds. The smallest absolute Gasteiger partial charge is 0.307 e. The summed E-state index contributed by atoms with van der Waals surface area (Å²) in [4.78, 5) is 13.0. The van der Waals surface area contributed by atoms with Crippen LogP contribution < -0.4 is 11.1 Å². The van der Waals surface area contributed by atoms with E-state index in [-0.39, 0.29) is 5.92 Å². The van der Waals surface area contributed by atoms with Crippen LogP contribution in [0.15, 0.2) is 0 Å². The highest BCUT2D eigenvalue weighted by atomic mass is 16.4. The molecule has 1 fully saturated rings. The van der Waals surface area contributed by atoms with Crippen LogP contribution >= 0.6 is 0 Å². The molecule has 5 heteroatoms. The first kappa shape index (κ1) is 18.4. The Morgan fingerprint density at radius 2 is 2.05 bits per heavy atom. The molecule has 1 aliphatic rings. The van der Waals surface area contributed by atoms with E-state index < -0.39 is 5.97 Å². The Morgan fingerprint density at radius 3 is 2.53 bits per heavy atom. The van der Waals surface area contributed by atoms with E-state index in [0.717, 1.165) is 65.0 Å². The van der Waals surface area contributed by atoms with Gasteiger partial charge in [0.25, 0.3) is 0 Å². The molecule has 0 saturated carbocycles. The maximum atomic E-state index is 10.8. The molecule has 0 radical (unpaired) electrons. The van der Waals surface area contributed by atoms with Crippen LogP contribution in [0, 0.1) is 5.92 Å². The summed E-state index contributed by atoms with van der Waals surface area (Å²) in [7, 11) is 0. The highest BCUT2D eigenvalue weighted by molar-refractivity contribution is 5.70. The van der Waals surface area contributed by atoms with Crippen LogP contribution in [0.4, 0.5) is 0 Å². The van der Waals surface area contributed by atoms with Gasteiger partial charge >= 0.3 is 5.97 Å². The Balaban J connectivity index is 0.000000555. The Labute approximate surface area is 117 Å². The summed E-state index contributed by atoms with van der Waals surface area (Å²) in [5.74, 6) is -0.796. The van der Waals surface area contributed by atoms with E-state index in [1.807, 2.05) is 0 Å². The van der Waals surface area contributed by atoms with Gasteiger partial charge in [-0.1, -0.05) is 13.8 Å². The molecule has 0 aromatic rings. The lowest BCUT2D eigenvalue weighted by molar-refractivity contribution is -0.143. The number of piperidine rings is 1. The van der Waals surface area contributed by atoms with Gasteiger partial charge in [0.1, 0.15) is 0 Å². The number of hydrogen-bond donors (Lipinski definition) is 3. The van der Waals surface area contributed by atoms with E-state index in [9.17, 15) is 4.79 Å². The minimum atomic E-state index is -0.645. The predicted octanol–water partition coefficient (Wildman–Crippen LogP) is 1.14. The average molecular weight is 273 g/mol. The molecule has 1 saturated heterocycles. The Kier molecular flexibility index (Phi) is 12.0. The number of carboxylic acids is 1. The van der Waals surface area contributed by atoms with Gasteiger partial charge in [-0.15, -0.1) is 0 Å². The van der Waals surface area contributed by atoms with E-state index in [0.29, 0.717) is 0 Å². The van der Waals surface area contributed by atoms with Gasteiger partial charge < -0.3 is 21.1 Å². The second-order valence-electron chi connectivity index (χ2n) is 4.93. The van der Waals surface area contributed by atoms with Crippen molar-refractivity contribution in [2.45, 2.75) is 39.5 Å². The maximum absolute atomic E-state index is 10.8. The minimum absolute atomic E-state index is 0.151. The summed E-state index contributed by atoms with van der Waals surface area (Å²) >= 11 is 0. The molecule has 1 unspecified atom stereocenters. The number of rotatable bonds is 7. The van der Waals surface area contributed by atoms with Crippen molar-refractivity contribution in [1.29, 1.82) is 0 Å². The summed E-state index contributed by atoms with van der Waals surface area (Å²) in [6.07, 6.45) is 3.97. The van der Waals surface area contributed by atoms with Crippen molar-refractivity contribution in [2.75, 3.05) is 39.3 Å². The fraction of sp³-hybridized carbons (Fsp3) is 0.929. The van der Waals surface area contributed by atoms with Crippen LogP contribution in [0.25, 0.3) is 0 Å². The summed E-state index contributed by atoms with van der Waals surface area (Å²) in [5.41, 5.74) is 5.41. The third-order valence-electron chi connectivity index (χ3n) is 3.28. The first-order valence-electron chi connectivity index (χ1n) is 7.51. The molecule has 4 N–H and O–H groups in total. The van der Waals surface area contributed by atoms with Crippen molar-refractivity contribution in [3.05, 3.63) is 0 Å². The van der Waals surface area contributed by atoms with Crippen LogP contribution in [0.3, 0.4) is 0 Å². The molecule has 0 aliphatic carbocycles. The number of hydrogen-bond acceptors (Lipinski definition) is 4. The minimum Gasteiger partial charge on any atom is -0.481 e. The fourth-order valence-electron chi connectivity index (χ4n) is 2.19. The van der Waals surface area contributed by atoms with Crippen molar-refractivity contribution < 1.29 is 9.90 Å². The van der Waals surface area contributed by atoms with E-state index in [2.05, 4.69) is 24.1 Å². The Bertz CT molecular complexity index is 223. The van der Waals surface area contributed by atoms with E-state index >= 15 is 0 Å². The highest BCUT2D eigenvalue weighted by Crippen LogP contribution is 2.16. The average Bonchev–Trinajstić information content (AvgIpc) is 2.41. The van der Waals surface area contributed by atoms with Crippen molar-refractivity contribution in [3.8, 4) is 0 Å². The summed E-state index contributed by atoms with van der Waals surface area (Å²) in [5, 5.41) is 12.0. The monoisotopic (exact) mass is 273 g/mol. The zero-order valence-corrected chi connectivity index (χ0v) is 12.5. The van der Waals surface area contributed by atoms with Crippen molar-refractivity contribution >= 4 is 5.97 Å². The molecule has 19 heavy (non-hydrogen) atoms. The normalized spacial score (nSPS) is 19.6. The van der Waals surface area contributed by atoms with Crippen LogP contribution in [0.1, 0.15) is 39.5 Å². The largest absolute Gasteiger partial charge is 0.481 e. The van der Waals surface area contributed by atoms with Crippen molar-refractivity contribution in [2.24, 2.45) is 11.7 Å². The number of aliphatic carboxylic acids is 1. The molecule has 1 heterocycles. The zero-order chi connectivity index (χ0) is 14.5. The number of carboxylic acid groups (broad SMARTS) is 1. The molecule has 0 aromatic heterocycles. The van der Waals surface area contributed by atoms with Crippen LogP contribution in [0.2, 0.25) is 0 Å². The lowest BCUT2D eigenvalue weighted by atomic mass is 9.98. The third kappa shape index (κ3) is 9.87. The van der Waals surface area contributed by atoms with Gasteiger partial charge in [-0.3, -0.25) is 4.79 Å². The molecule has 1 atom stereocenters. The fourth-order valence-corrected chi connectivity index (χ4v) is 2.19. The van der Waals surface area contributed by atoms with Gasteiger partial charge in [-0.05, 0) is 58.4 Å². The van der Waals surface area contributed by atoms with Gasteiger partial charge in [0.05, 0.1) is 5.92 Å². The molecule has 1 rings (SSSR count). The summed E-state index contributed by atoms with van der Waals surface area (Å²) in [6.45, 7) is 9.89. The number of likely N-dealkylation sites (tertiary alicyclic amines) is 1. The first-order valence-corrected chi connectivity index (χ1v) is 7.51. The van der Waals surface area contributed by atoms with Crippen LogP contribution in [0.5, 0.6) is 0 Å². The third-order valence-corrected chi connectivity index (χ3v) is 3.28. The molecule has 1 aliphatic heterocycles. The Morgan fingerprint density at radius 1 is 1.37 bits per heavy atom. The lowest BCUT2D eigenvalue weighted by Gasteiger charge is -2.30. The molecular weight excluding hydrogens is 242 g/mol. The second-order valence-corrected chi connectivity index (χ2v) is 4.93. The summed E-state index contributed by atoms with van der Waals surface area (Å²) in [6, 6.07) is 0. The van der Waals surface area contributed by atoms with Crippen molar-refractivity contribution in [1.82, 2.24) is 10.2 Å². The van der Waals surface area contributed by atoms with E-state index in [1.54, 1.807) is 0 Å². The van der Waals surface area contributed by atoms with Gasteiger partial charge in [-0.25, -0.2) is 0 Å². The summed E-state index contributed by atoms with van der Waals surface area (Å²) < 4.78 is 0. The second kappa shape index (κ2) is 12.4. The molecular formula is C14H31N3O2. The van der Waals surface area contributed by atoms with Crippen LogP contribution in [-0.4, -0.2) is 55.2 Å². The van der Waals surface area contributed by atoms with Crippen molar-refractivity contribution in [3.63, 3.8) is 0 Å². The first-order chi connectivity index (χ1) is 9.15. The molecule has 0 spiro atoms.